The maximum atomic E-state index is 13.3. The molecule has 0 saturated carbocycles. The van der Waals surface area contributed by atoms with E-state index in [0.717, 1.165) is 16.9 Å². The van der Waals surface area contributed by atoms with Gasteiger partial charge >= 0.3 is 0 Å². The summed E-state index contributed by atoms with van der Waals surface area (Å²) in [6, 6.07) is 18.2. The molecule has 3 heterocycles. The average Bonchev–Trinajstić information content (AvgIpc) is 3.41. The number of fused-ring (bicyclic) bond motifs is 1. The molecule has 0 radical (unpaired) electrons. The van der Waals surface area contributed by atoms with Crippen LogP contribution >= 0.6 is 0 Å². The van der Waals surface area contributed by atoms with Crippen molar-refractivity contribution in [3.8, 4) is 16.8 Å². The predicted octanol–water partition coefficient (Wildman–Crippen LogP) is 3.64. The third-order valence-corrected chi connectivity index (χ3v) is 6.34. The van der Waals surface area contributed by atoms with E-state index in [1.165, 1.54) is 6.92 Å². The van der Waals surface area contributed by atoms with Crippen molar-refractivity contribution in [2.45, 2.75) is 19.9 Å². The quantitative estimate of drug-likeness (QED) is 0.443. The van der Waals surface area contributed by atoms with Crippen LogP contribution in [0.4, 0.5) is 0 Å². The first-order valence-electron chi connectivity index (χ1n) is 11.1. The average molecular weight is 453 g/mol. The van der Waals surface area contributed by atoms with Gasteiger partial charge in [0.25, 0.3) is 11.5 Å². The van der Waals surface area contributed by atoms with E-state index >= 15 is 0 Å². The Labute approximate surface area is 196 Å². The zero-order chi connectivity index (χ0) is 23.8. The van der Waals surface area contributed by atoms with E-state index in [0.29, 0.717) is 41.8 Å². The summed E-state index contributed by atoms with van der Waals surface area (Å²) in [5, 5.41) is 4.24. The highest BCUT2D eigenvalue weighted by molar-refractivity contribution is 5.95. The normalized spacial score (nSPS) is 12.9. The van der Waals surface area contributed by atoms with Crippen LogP contribution in [0.25, 0.3) is 16.8 Å². The fraction of sp³-hybridized carbons (Fsp3) is 0.185. The first-order valence-corrected chi connectivity index (χ1v) is 11.1. The molecule has 2 aromatic heterocycles. The molecule has 4 aromatic rings. The molecule has 1 aliphatic rings. The van der Waals surface area contributed by atoms with Crippen molar-refractivity contribution in [2.75, 3.05) is 6.54 Å². The number of rotatable bonds is 4. The Morgan fingerprint density at radius 3 is 2.53 bits per heavy atom. The number of carbonyl (C=O) groups excluding carboxylic acids is 2. The van der Waals surface area contributed by atoms with Crippen LogP contribution in [-0.4, -0.2) is 37.5 Å². The fourth-order valence-corrected chi connectivity index (χ4v) is 4.50. The fourth-order valence-electron chi connectivity index (χ4n) is 4.50. The van der Waals surface area contributed by atoms with E-state index in [9.17, 15) is 14.4 Å². The summed E-state index contributed by atoms with van der Waals surface area (Å²) in [7, 11) is 1.77. The number of benzene rings is 2. The second-order valence-electron chi connectivity index (χ2n) is 8.51. The van der Waals surface area contributed by atoms with E-state index in [1.54, 1.807) is 40.7 Å². The van der Waals surface area contributed by atoms with Crippen LogP contribution in [0.5, 0.6) is 0 Å². The number of carbonyl (C=O) groups is 2. The van der Waals surface area contributed by atoms with E-state index in [1.807, 2.05) is 53.6 Å². The van der Waals surface area contributed by atoms with Gasteiger partial charge in [-0.2, -0.15) is 5.10 Å². The first-order chi connectivity index (χ1) is 16.4. The minimum absolute atomic E-state index is 0.0502. The summed E-state index contributed by atoms with van der Waals surface area (Å²) in [6.45, 7) is 2.45. The standard InChI is InChI=1S/C27H24N4O3/c1-18(32)19-6-3-7-20(14-19)24-16-22-17-30(13-10-25(22)29(2)27(24)34)26(33)21-8-4-9-23(15-21)31-12-5-11-28-31/h3-9,11-12,14-16H,10,13,17H2,1-2H3. The van der Waals surface area contributed by atoms with Crippen LogP contribution in [0.3, 0.4) is 0 Å². The van der Waals surface area contributed by atoms with Gasteiger partial charge in [0.05, 0.1) is 5.69 Å². The molecule has 170 valence electrons. The van der Waals surface area contributed by atoms with Crippen LogP contribution in [0.1, 0.15) is 38.9 Å². The molecular weight excluding hydrogens is 428 g/mol. The molecule has 5 rings (SSSR count). The smallest absolute Gasteiger partial charge is 0.258 e. The minimum Gasteiger partial charge on any atom is -0.334 e. The lowest BCUT2D eigenvalue weighted by atomic mass is 9.97. The monoisotopic (exact) mass is 452 g/mol. The molecule has 7 heteroatoms. The molecule has 0 aliphatic carbocycles. The first kappa shape index (κ1) is 21.6. The van der Waals surface area contributed by atoms with E-state index in [2.05, 4.69) is 5.10 Å². The van der Waals surface area contributed by atoms with Crippen molar-refractivity contribution >= 4 is 11.7 Å². The van der Waals surface area contributed by atoms with Gasteiger partial charge in [-0.15, -0.1) is 0 Å². The van der Waals surface area contributed by atoms with Gasteiger partial charge in [0.15, 0.2) is 5.78 Å². The van der Waals surface area contributed by atoms with Gasteiger partial charge in [0.2, 0.25) is 0 Å². The van der Waals surface area contributed by atoms with Gasteiger partial charge < -0.3 is 9.47 Å². The molecule has 1 amide bonds. The van der Waals surface area contributed by atoms with E-state index in [4.69, 9.17) is 0 Å². The highest BCUT2D eigenvalue weighted by Crippen LogP contribution is 2.25. The largest absolute Gasteiger partial charge is 0.334 e. The molecule has 1 aliphatic heterocycles. The van der Waals surface area contributed by atoms with Crippen LogP contribution in [0, 0.1) is 0 Å². The van der Waals surface area contributed by atoms with Gasteiger partial charge in [-0.05, 0) is 54.4 Å². The van der Waals surface area contributed by atoms with Crippen molar-refractivity contribution in [2.24, 2.45) is 7.05 Å². The minimum atomic E-state index is -0.105. The Morgan fingerprint density at radius 1 is 0.971 bits per heavy atom. The summed E-state index contributed by atoms with van der Waals surface area (Å²) < 4.78 is 3.39. The Kier molecular flexibility index (Phi) is 5.45. The summed E-state index contributed by atoms with van der Waals surface area (Å²) in [4.78, 5) is 40.1. The molecule has 0 atom stereocenters. The number of Topliss-reactive ketones (excluding diaryl/α,β-unsaturated/α-hetero) is 1. The molecular formula is C27H24N4O3. The molecule has 0 saturated heterocycles. The maximum absolute atomic E-state index is 13.3. The van der Waals surface area contributed by atoms with Gasteiger partial charge in [-0.1, -0.05) is 24.3 Å². The predicted molar refractivity (Wildman–Crippen MR) is 129 cm³/mol. The third kappa shape index (κ3) is 3.85. The summed E-state index contributed by atoms with van der Waals surface area (Å²) >= 11 is 0. The van der Waals surface area contributed by atoms with Crippen LogP contribution < -0.4 is 5.56 Å². The van der Waals surface area contributed by atoms with Gasteiger partial charge in [-0.25, -0.2) is 4.68 Å². The molecule has 0 bridgehead atoms. The van der Waals surface area contributed by atoms with E-state index < -0.39 is 0 Å². The lowest BCUT2D eigenvalue weighted by molar-refractivity contribution is 0.0732. The maximum Gasteiger partial charge on any atom is 0.258 e. The summed E-state index contributed by atoms with van der Waals surface area (Å²) in [6.07, 6.45) is 4.13. The topological polar surface area (TPSA) is 77.2 Å². The van der Waals surface area contributed by atoms with Gasteiger partial charge in [0.1, 0.15) is 0 Å². The molecule has 7 nitrogen and oxygen atoms in total. The van der Waals surface area contributed by atoms with Crippen LogP contribution in [0.2, 0.25) is 0 Å². The Bertz CT molecular complexity index is 1470. The lowest BCUT2D eigenvalue weighted by Crippen LogP contribution is -2.39. The molecule has 0 spiro atoms. The molecule has 2 aromatic carbocycles. The van der Waals surface area contributed by atoms with Gasteiger partial charge in [0, 0.05) is 61.3 Å². The Balaban J connectivity index is 1.48. The number of hydrogen-bond donors (Lipinski definition) is 0. The molecule has 34 heavy (non-hydrogen) atoms. The SMILES string of the molecule is CC(=O)c1cccc(-c2cc3c(n(C)c2=O)CCN(C(=O)c2cccc(-n4cccn4)c2)C3)c1. The second kappa shape index (κ2) is 8.59. The zero-order valence-corrected chi connectivity index (χ0v) is 19.1. The Morgan fingerprint density at radius 2 is 1.76 bits per heavy atom. The number of aromatic nitrogens is 3. The number of pyridine rings is 1. The highest BCUT2D eigenvalue weighted by Gasteiger charge is 2.25. The van der Waals surface area contributed by atoms with Gasteiger partial charge in [-0.3, -0.25) is 14.4 Å². The summed E-state index contributed by atoms with van der Waals surface area (Å²) in [5.41, 5.74) is 4.97. The third-order valence-electron chi connectivity index (χ3n) is 6.34. The second-order valence-corrected chi connectivity index (χ2v) is 8.51. The zero-order valence-electron chi connectivity index (χ0n) is 19.1. The van der Waals surface area contributed by atoms with Crippen molar-refractivity contribution in [1.82, 2.24) is 19.2 Å². The number of amides is 1. The molecule has 0 unspecified atom stereocenters. The van der Waals surface area contributed by atoms with Crippen molar-refractivity contribution in [3.05, 3.63) is 106 Å². The van der Waals surface area contributed by atoms with Crippen molar-refractivity contribution < 1.29 is 9.59 Å². The molecule has 0 N–H and O–H groups in total. The number of hydrogen-bond acceptors (Lipinski definition) is 4. The van der Waals surface area contributed by atoms with E-state index in [-0.39, 0.29) is 17.2 Å². The Hall–Kier alpha value is -4.26. The van der Waals surface area contributed by atoms with Crippen LogP contribution in [0.15, 0.2) is 77.9 Å². The summed E-state index contributed by atoms with van der Waals surface area (Å²) in [5.74, 6) is -0.112. The number of ketones is 1. The highest BCUT2D eigenvalue weighted by atomic mass is 16.2. The number of nitrogens with zero attached hydrogens (tertiary/aromatic N) is 4. The van der Waals surface area contributed by atoms with Crippen molar-refractivity contribution in [1.29, 1.82) is 0 Å². The molecule has 0 fully saturated rings. The lowest BCUT2D eigenvalue weighted by Gasteiger charge is -2.30. The van der Waals surface area contributed by atoms with Crippen LogP contribution in [-0.2, 0) is 20.0 Å². The van der Waals surface area contributed by atoms with Crippen molar-refractivity contribution in [3.63, 3.8) is 0 Å².